The van der Waals surface area contributed by atoms with Crippen LogP contribution in [0, 0.1) is 0 Å². The van der Waals surface area contributed by atoms with Gasteiger partial charge in [-0.15, -0.1) is 11.3 Å². The van der Waals surface area contributed by atoms with Crippen LogP contribution in [0.5, 0.6) is 0 Å². The highest BCUT2D eigenvalue weighted by Gasteiger charge is 2.27. The number of nitrogens with zero attached hydrogens (tertiary/aromatic N) is 5. The molecule has 124 valence electrons. The molecule has 0 radical (unpaired) electrons. The summed E-state index contributed by atoms with van der Waals surface area (Å²) in [7, 11) is 1.75. The third-order valence-corrected chi connectivity index (χ3v) is 4.61. The van der Waals surface area contributed by atoms with Gasteiger partial charge < -0.3 is 4.74 Å². The molecule has 1 amide bonds. The van der Waals surface area contributed by atoms with Crippen molar-refractivity contribution in [2.45, 2.75) is 19.4 Å². The molecule has 1 fully saturated rings. The molecule has 1 N–H and O–H groups in total. The van der Waals surface area contributed by atoms with Gasteiger partial charge >= 0.3 is 0 Å². The maximum atomic E-state index is 12.4. The zero-order valence-corrected chi connectivity index (χ0v) is 14.0. The van der Waals surface area contributed by atoms with Crippen molar-refractivity contribution in [1.82, 2.24) is 25.1 Å². The number of amides is 1. The fourth-order valence-electron chi connectivity index (χ4n) is 2.40. The molecule has 1 aliphatic heterocycles. The van der Waals surface area contributed by atoms with Gasteiger partial charge in [0.1, 0.15) is 11.9 Å². The van der Waals surface area contributed by atoms with Crippen LogP contribution >= 0.6 is 11.3 Å². The highest BCUT2D eigenvalue weighted by Crippen LogP contribution is 2.20. The van der Waals surface area contributed by atoms with E-state index in [1.54, 1.807) is 18.1 Å². The molecule has 0 aromatic carbocycles. The third kappa shape index (κ3) is 3.74. The summed E-state index contributed by atoms with van der Waals surface area (Å²) in [5.41, 5.74) is 0. The number of nitrogens with one attached hydrogen (secondary N) is 1. The molecular weight excluding hydrogens is 316 g/mol. The Balaban J connectivity index is 1.59. The van der Waals surface area contributed by atoms with E-state index < -0.39 is 0 Å². The van der Waals surface area contributed by atoms with Crippen LogP contribution in [-0.2, 0) is 16.0 Å². The SMILES string of the molecule is CCc1nc([C@@H]2CN(CC(=O)N(C)c3nccs3)CCO2)n[nH]1. The van der Waals surface area contributed by atoms with Crippen molar-refractivity contribution in [3.05, 3.63) is 23.2 Å². The number of carbonyl (C=O) groups excluding carboxylic acids is 1. The van der Waals surface area contributed by atoms with Gasteiger partial charge in [-0.05, 0) is 0 Å². The summed E-state index contributed by atoms with van der Waals surface area (Å²) in [6, 6.07) is 0. The maximum Gasteiger partial charge on any atom is 0.242 e. The number of hydrogen-bond acceptors (Lipinski definition) is 7. The first-order valence-electron chi connectivity index (χ1n) is 7.58. The van der Waals surface area contributed by atoms with Gasteiger partial charge in [-0.1, -0.05) is 6.92 Å². The Kier molecular flexibility index (Phi) is 4.99. The van der Waals surface area contributed by atoms with Gasteiger partial charge in [-0.25, -0.2) is 9.97 Å². The molecule has 8 nitrogen and oxygen atoms in total. The van der Waals surface area contributed by atoms with Crippen molar-refractivity contribution < 1.29 is 9.53 Å². The fraction of sp³-hybridized carbons (Fsp3) is 0.571. The average Bonchev–Trinajstić information content (AvgIpc) is 3.25. The quantitative estimate of drug-likeness (QED) is 0.871. The van der Waals surface area contributed by atoms with E-state index in [0.29, 0.717) is 30.7 Å². The number of aromatic nitrogens is 4. The monoisotopic (exact) mass is 336 g/mol. The molecule has 1 atom stereocenters. The molecule has 0 aliphatic carbocycles. The summed E-state index contributed by atoms with van der Waals surface area (Å²) >= 11 is 1.45. The molecule has 23 heavy (non-hydrogen) atoms. The lowest BCUT2D eigenvalue weighted by Crippen LogP contribution is -2.45. The van der Waals surface area contributed by atoms with Crippen molar-refractivity contribution in [2.75, 3.05) is 38.2 Å². The summed E-state index contributed by atoms with van der Waals surface area (Å²) in [4.78, 5) is 24.6. The lowest BCUT2D eigenvalue weighted by atomic mass is 10.2. The molecule has 9 heteroatoms. The molecule has 0 saturated carbocycles. The molecular formula is C14H20N6O2S. The number of aromatic amines is 1. The van der Waals surface area contributed by atoms with E-state index in [9.17, 15) is 4.79 Å². The lowest BCUT2D eigenvalue weighted by Gasteiger charge is -2.31. The van der Waals surface area contributed by atoms with E-state index in [1.165, 1.54) is 11.3 Å². The standard InChI is InChI=1S/C14H20N6O2S/c1-3-11-16-13(18-17-11)10-8-20(5-6-22-10)9-12(21)19(2)14-15-4-7-23-14/h4,7,10H,3,5-6,8-9H2,1-2H3,(H,16,17,18)/t10-/m0/s1. The number of anilines is 1. The first kappa shape index (κ1) is 16.0. The van der Waals surface area contributed by atoms with Crippen LogP contribution in [0.25, 0.3) is 0 Å². The first-order valence-corrected chi connectivity index (χ1v) is 8.46. The van der Waals surface area contributed by atoms with Crippen molar-refractivity contribution >= 4 is 22.4 Å². The van der Waals surface area contributed by atoms with Crippen LogP contribution in [0.15, 0.2) is 11.6 Å². The van der Waals surface area contributed by atoms with E-state index >= 15 is 0 Å². The summed E-state index contributed by atoms with van der Waals surface area (Å²) < 4.78 is 5.74. The largest absolute Gasteiger partial charge is 0.367 e. The molecule has 3 rings (SSSR count). The number of carbonyl (C=O) groups is 1. The molecule has 2 aromatic heterocycles. The minimum Gasteiger partial charge on any atom is -0.367 e. The molecule has 2 aromatic rings. The zero-order chi connectivity index (χ0) is 16.2. The molecule has 3 heterocycles. The fourth-order valence-corrected chi connectivity index (χ4v) is 3.03. The van der Waals surface area contributed by atoms with Gasteiger partial charge in [0, 0.05) is 38.1 Å². The van der Waals surface area contributed by atoms with E-state index in [4.69, 9.17) is 4.74 Å². The van der Waals surface area contributed by atoms with Gasteiger partial charge in [0.2, 0.25) is 5.91 Å². The van der Waals surface area contributed by atoms with E-state index in [0.717, 1.165) is 18.8 Å². The van der Waals surface area contributed by atoms with E-state index in [-0.39, 0.29) is 12.0 Å². The van der Waals surface area contributed by atoms with Crippen LogP contribution in [0.2, 0.25) is 0 Å². The smallest absolute Gasteiger partial charge is 0.242 e. The Hall–Kier alpha value is -1.84. The van der Waals surface area contributed by atoms with Crippen molar-refractivity contribution in [3.63, 3.8) is 0 Å². The van der Waals surface area contributed by atoms with E-state index in [2.05, 4.69) is 25.1 Å². The van der Waals surface area contributed by atoms with Gasteiger partial charge in [0.15, 0.2) is 11.0 Å². The summed E-state index contributed by atoms with van der Waals surface area (Å²) in [6.07, 6.45) is 2.31. The molecule has 1 aliphatic rings. The number of likely N-dealkylation sites (N-methyl/N-ethyl adjacent to an activating group) is 1. The molecule has 0 unspecified atom stereocenters. The van der Waals surface area contributed by atoms with Crippen molar-refractivity contribution in [1.29, 1.82) is 0 Å². The molecule has 0 spiro atoms. The van der Waals surface area contributed by atoms with Crippen molar-refractivity contribution in [2.24, 2.45) is 0 Å². The normalized spacial score (nSPS) is 19.0. The Morgan fingerprint density at radius 1 is 1.61 bits per heavy atom. The molecule has 0 bridgehead atoms. The third-order valence-electron chi connectivity index (χ3n) is 3.76. The first-order chi connectivity index (χ1) is 11.2. The van der Waals surface area contributed by atoms with Crippen LogP contribution in [0.3, 0.4) is 0 Å². The Morgan fingerprint density at radius 3 is 3.17 bits per heavy atom. The highest BCUT2D eigenvalue weighted by molar-refractivity contribution is 7.13. The number of hydrogen-bond donors (Lipinski definition) is 1. The van der Waals surface area contributed by atoms with Crippen LogP contribution < -0.4 is 4.90 Å². The number of aryl methyl sites for hydroxylation is 1. The van der Waals surface area contributed by atoms with Crippen molar-refractivity contribution in [3.8, 4) is 0 Å². The predicted molar refractivity (Wildman–Crippen MR) is 86.4 cm³/mol. The zero-order valence-electron chi connectivity index (χ0n) is 13.2. The summed E-state index contributed by atoms with van der Waals surface area (Å²) in [5.74, 6) is 1.53. The van der Waals surface area contributed by atoms with Crippen LogP contribution in [0.4, 0.5) is 5.13 Å². The van der Waals surface area contributed by atoms with Crippen LogP contribution in [0.1, 0.15) is 24.7 Å². The van der Waals surface area contributed by atoms with Gasteiger partial charge in [-0.3, -0.25) is 19.7 Å². The van der Waals surface area contributed by atoms with Crippen LogP contribution in [-0.4, -0.2) is 64.3 Å². The lowest BCUT2D eigenvalue weighted by molar-refractivity contribution is -0.121. The second kappa shape index (κ2) is 7.16. The maximum absolute atomic E-state index is 12.4. The summed E-state index contributed by atoms with van der Waals surface area (Å²) in [5, 5.41) is 9.68. The molecule has 1 saturated heterocycles. The van der Waals surface area contributed by atoms with Gasteiger partial charge in [0.05, 0.1) is 13.2 Å². The number of H-pyrrole nitrogens is 1. The average molecular weight is 336 g/mol. The number of thiazole rings is 1. The second-order valence-electron chi connectivity index (χ2n) is 5.36. The second-order valence-corrected chi connectivity index (χ2v) is 6.23. The van der Waals surface area contributed by atoms with Gasteiger partial charge in [0.25, 0.3) is 0 Å². The highest BCUT2D eigenvalue weighted by atomic mass is 32.1. The Labute approximate surface area is 138 Å². The Bertz CT molecular complexity index is 643. The Morgan fingerprint density at radius 2 is 2.48 bits per heavy atom. The minimum absolute atomic E-state index is 0.0184. The van der Waals surface area contributed by atoms with E-state index in [1.807, 2.05) is 12.3 Å². The number of morpholine rings is 1. The predicted octanol–water partition coefficient (Wildman–Crippen LogP) is 0.860. The van der Waals surface area contributed by atoms with Gasteiger partial charge in [-0.2, -0.15) is 5.10 Å². The number of rotatable bonds is 5. The number of ether oxygens (including phenoxy) is 1. The topological polar surface area (TPSA) is 87.2 Å². The summed E-state index contributed by atoms with van der Waals surface area (Å²) in [6.45, 7) is 4.25. The minimum atomic E-state index is -0.196.